The van der Waals surface area contributed by atoms with E-state index in [0.717, 1.165) is 24.2 Å². The molecule has 1 N–H and O–H groups in total. The Labute approximate surface area is 138 Å². The normalized spacial score (nSPS) is 17.9. The van der Waals surface area contributed by atoms with Crippen LogP contribution >= 0.6 is 0 Å². The maximum Gasteiger partial charge on any atom is 0.126 e. The Bertz CT molecular complexity index is 757. The fourth-order valence-electron chi connectivity index (χ4n) is 3.97. The van der Waals surface area contributed by atoms with Crippen molar-refractivity contribution in [2.24, 2.45) is 0 Å². The van der Waals surface area contributed by atoms with Gasteiger partial charge in [-0.3, -0.25) is 0 Å². The van der Waals surface area contributed by atoms with E-state index in [-0.39, 0.29) is 12.0 Å². The molecule has 2 aromatic rings. The van der Waals surface area contributed by atoms with Gasteiger partial charge in [-0.1, -0.05) is 18.2 Å². The molecule has 0 radical (unpaired) electrons. The molecule has 0 unspecified atom stereocenters. The zero-order valence-corrected chi connectivity index (χ0v) is 14.0. The highest BCUT2D eigenvalue weighted by Gasteiger charge is 2.43. The van der Waals surface area contributed by atoms with Gasteiger partial charge in [0.05, 0.1) is 13.7 Å². The van der Waals surface area contributed by atoms with Crippen molar-refractivity contribution in [3.05, 3.63) is 52.6 Å². The van der Waals surface area contributed by atoms with E-state index in [1.54, 1.807) is 7.11 Å². The molecule has 1 fully saturated rings. The van der Waals surface area contributed by atoms with E-state index in [4.69, 9.17) is 4.74 Å². The molecule has 0 aliphatic heterocycles. The van der Waals surface area contributed by atoms with Crippen molar-refractivity contribution in [3.63, 3.8) is 0 Å². The molecular formula is C21H24O2. The molecule has 0 saturated heterocycles. The standard InChI is InChI=1S/C21H24O2/c1-14-10-15-4-3-5-16(15)11-18(14)19-12-17(6-7-20(19)23-2)21(13-22)8-9-21/h6-7,10-12,22H,3-5,8-9,13H2,1-2H3. The summed E-state index contributed by atoms with van der Waals surface area (Å²) in [5.74, 6) is 0.920. The van der Waals surface area contributed by atoms with Gasteiger partial charge >= 0.3 is 0 Å². The Morgan fingerprint density at radius 2 is 1.78 bits per heavy atom. The molecule has 2 aromatic carbocycles. The van der Waals surface area contributed by atoms with E-state index < -0.39 is 0 Å². The summed E-state index contributed by atoms with van der Waals surface area (Å²) in [6.07, 6.45) is 5.83. The van der Waals surface area contributed by atoms with Gasteiger partial charge in [0, 0.05) is 11.0 Å². The lowest BCUT2D eigenvalue weighted by Gasteiger charge is -2.18. The SMILES string of the molecule is COc1ccc(C2(CO)CC2)cc1-c1cc2c(cc1C)CCC2. The third kappa shape index (κ3) is 2.36. The second-order valence-electron chi connectivity index (χ2n) is 7.14. The molecule has 0 spiro atoms. The van der Waals surface area contributed by atoms with Crippen molar-refractivity contribution < 1.29 is 9.84 Å². The molecule has 120 valence electrons. The minimum Gasteiger partial charge on any atom is -0.496 e. The van der Waals surface area contributed by atoms with Crippen LogP contribution in [0.25, 0.3) is 11.1 Å². The van der Waals surface area contributed by atoms with E-state index in [1.165, 1.54) is 47.1 Å². The van der Waals surface area contributed by atoms with Gasteiger partial charge in [0.25, 0.3) is 0 Å². The Balaban J connectivity index is 1.86. The Kier molecular flexibility index (Phi) is 3.46. The topological polar surface area (TPSA) is 29.5 Å². The van der Waals surface area contributed by atoms with Crippen molar-refractivity contribution in [1.29, 1.82) is 0 Å². The van der Waals surface area contributed by atoms with Crippen LogP contribution in [-0.2, 0) is 18.3 Å². The first-order chi connectivity index (χ1) is 11.2. The minimum atomic E-state index is -0.00828. The highest BCUT2D eigenvalue weighted by molar-refractivity contribution is 5.76. The van der Waals surface area contributed by atoms with Crippen LogP contribution in [0.5, 0.6) is 5.75 Å². The summed E-state index contributed by atoms with van der Waals surface area (Å²) >= 11 is 0. The molecule has 0 heterocycles. The van der Waals surface area contributed by atoms with Crippen molar-refractivity contribution in [3.8, 4) is 16.9 Å². The summed E-state index contributed by atoms with van der Waals surface area (Å²) in [6, 6.07) is 11.1. The summed E-state index contributed by atoms with van der Waals surface area (Å²) in [5, 5.41) is 9.75. The number of benzene rings is 2. The number of aliphatic hydroxyl groups is 1. The largest absolute Gasteiger partial charge is 0.496 e. The van der Waals surface area contributed by atoms with Gasteiger partial charge in [-0.15, -0.1) is 0 Å². The van der Waals surface area contributed by atoms with Gasteiger partial charge in [0.1, 0.15) is 5.75 Å². The lowest BCUT2D eigenvalue weighted by atomic mass is 9.90. The number of aryl methyl sites for hydroxylation is 3. The van der Waals surface area contributed by atoms with Crippen LogP contribution in [0.3, 0.4) is 0 Å². The predicted molar refractivity (Wildman–Crippen MR) is 93.2 cm³/mol. The second-order valence-corrected chi connectivity index (χ2v) is 7.14. The lowest BCUT2D eigenvalue weighted by molar-refractivity contribution is 0.255. The number of rotatable bonds is 4. The van der Waals surface area contributed by atoms with E-state index in [0.29, 0.717) is 0 Å². The molecule has 1 saturated carbocycles. The van der Waals surface area contributed by atoms with E-state index >= 15 is 0 Å². The monoisotopic (exact) mass is 308 g/mol. The number of ether oxygens (including phenoxy) is 1. The first kappa shape index (κ1) is 14.8. The van der Waals surface area contributed by atoms with Crippen molar-refractivity contribution >= 4 is 0 Å². The fourth-order valence-corrected chi connectivity index (χ4v) is 3.97. The lowest BCUT2D eigenvalue weighted by Crippen LogP contribution is -2.12. The molecule has 0 aromatic heterocycles. The van der Waals surface area contributed by atoms with Gasteiger partial charge in [-0.2, -0.15) is 0 Å². The van der Waals surface area contributed by atoms with Gasteiger partial charge in [-0.05, 0) is 79.0 Å². The summed E-state index contributed by atoms with van der Waals surface area (Å²) < 4.78 is 5.63. The number of fused-ring (bicyclic) bond motifs is 1. The molecular weight excluding hydrogens is 284 g/mol. The van der Waals surface area contributed by atoms with Gasteiger partial charge in [0.15, 0.2) is 0 Å². The third-order valence-corrected chi connectivity index (χ3v) is 5.70. The van der Waals surface area contributed by atoms with Crippen LogP contribution < -0.4 is 4.74 Å². The highest BCUT2D eigenvalue weighted by Crippen LogP contribution is 2.49. The molecule has 23 heavy (non-hydrogen) atoms. The van der Waals surface area contributed by atoms with Crippen LogP contribution in [-0.4, -0.2) is 18.8 Å². The molecule has 2 aliphatic rings. The summed E-state index contributed by atoms with van der Waals surface area (Å²) in [4.78, 5) is 0. The van der Waals surface area contributed by atoms with E-state index in [2.05, 4.69) is 37.3 Å². The Morgan fingerprint density at radius 1 is 1.04 bits per heavy atom. The number of hydrogen-bond donors (Lipinski definition) is 1. The van der Waals surface area contributed by atoms with E-state index in [9.17, 15) is 5.11 Å². The maximum absolute atomic E-state index is 9.75. The highest BCUT2D eigenvalue weighted by atomic mass is 16.5. The molecule has 0 amide bonds. The smallest absolute Gasteiger partial charge is 0.126 e. The summed E-state index contributed by atoms with van der Waals surface area (Å²) in [6.45, 7) is 2.43. The number of aliphatic hydroxyl groups excluding tert-OH is 1. The Hall–Kier alpha value is -1.80. The van der Waals surface area contributed by atoms with Gasteiger partial charge in [0.2, 0.25) is 0 Å². The first-order valence-electron chi connectivity index (χ1n) is 8.59. The van der Waals surface area contributed by atoms with Crippen LogP contribution in [0, 0.1) is 6.92 Å². The molecule has 4 rings (SSSR count). The zero-order chi connectivity index (χ0) is 16.0. The fraction of sp³-hybridized carbons (Fsp3) is 0.429. The van der Waals surface area contributed by atoms with Crippen molar-refractivity contribution in [2.75, 3.05) is 13.7 Å². The number of hydrogen-bond acceptors (Lipinski definition) is 2. The summed E-state index contributed by atoms with van der Waals surface area (Å²) in [5.41, 5.74) is 7.99. The van der Waals surface area contributed by atoms with Crippen molar-refractivity contribution in [2.45, 2.75) is 44.4 Å². The molecule has 2 nitrogen and oxygen atoms in total. The zero-order valence-electron chi connectivity index (χ0n) is 14.0. The van der Waals surface area contributed by atoms with Crippen molar-refractivity contribution in [1.82, 2.24) is 0 Å². The average Bonchev–Trinajstić information content (AvgIpc) is 3.25. The third-order valence-electron chi connectivity index (χ3n) is 5.70. The quantitative estimate of drug-likeness (QED) is 0.918. The summed E-state index contributed by atoms with van der Waals surface area (Å²) in [7, 11) is 1.74. The van der Waals surface area contributed by atoms with Gasteiger partial charge < -0.3 is 9.84 Å². The van der Waals surface area contributed by atoms with Crippen LogP contribution in [0.1, 0.15) is 41.5 Å². The first-order valence-corrected chi connectivity index (χ1v) is 8.59. The van der Waals surface area contributed by atoms with Crippen LogP contribution in [0.15, 0.2) is 30.3 Å². The number of methoxy groups -OCH3 is 1. The predicted octanol–water partition coefficient (Wildman–Crippen LogP) is 4.18. The molecule has 0 bridgehead atoms. The second kappa shape index (κ2) is 5.38. The molecule has 0 atom stereocenters. The van der Waals surface area contributed by atoms with E-state index in [1.807, 2.05) is 0 Å². The van der Waals surface area contributed by atoms with Crippen LogP contribution in [0.2, 0.25) is 0 Å². The minimum absolute atomic E-state index is 0.00828. The average molecular weight is 308 g/mol. The molecule has 2 aliphatic carbocycles. The molecule has 2 heteroatoms. The maximum atomic E-state index is 9.75. The Morgan fingerprint density at radius 3 is 2.43 bits per heavy atom. The van der Waals surface area contributed by atoms with Crippen LogP contribution in [0.4, 0.5) is 0 Å². The van der Waals surface area contributed by atoms with Gasteiger partial charge in [-0.25, -0.2) is 0 Å².